The van der Waals surface area contributed by atoms with Crippen molar-refractivity contribution in [3.8, 4) is 0 Å². The summed E-state index contributed by atoms with van der Waals surface area (Å²) in [4.78, 5) is 0. The van der Waals surface area contributed by atoms with E-state index >= 15 is 0 Å². The van der Waals surface area contributed by atoms with Crippen LogP contribution < -0.4 is 0 Å². The van der Waals surface area contributed by atoms with Crippen LogP contribution in [0.3, 0.4) is 0 Å². The van der Waals surface area contributed by atoms with Crippen LogP contribution in [0.15, 0.2) is 0 Å². The van der Waals surface area contributed by atoms with E-state index < -0.39 is 5.69 Å². The average molecular weight is 746 g/mol. The number of hydrogen-bond donors (Lipinski definition) is 0. The minimum Gasteiger partial charge on any atom is -0.691 e. The van der Waals surface area contributed by atoms with Gasteiger partial charge in [-0.3, -0.25) is 0 Å². The van der Waals surface area contributed by atoms with Gasteiger partial charge in [-0.2, -0.15) is 0 Å². The first-order valence-corrected chi connectivity index (χ1v) is 26.4. The molecule has 0 N–H and O–H groups in total. The summed E-state index contributed by atoms with van der Waals surface area (Å²) in [7, 11) is 0. The Morgan fingerprint density at radius 1 is 0.286 bits per heavy atom. The summed E-state index contributed by atoms with van der Waals surface area (Å²) in [6.07, 6.45) is 56.0. The van der Waals surface area contributed by atoms with Crippen LogP contribution in [0, 0.1) is 0 Å². The second-order valence-electron chi connectivity index (χ2n) is 15.5. The van der Waals surface area contributed by atoms with Gasteiger partial charge in [-0.15, -0.1) is 0 Å². The molecule has 296 valence electrons. The van der Waals surface area contributed by atoms with Crippen molar-refractivity contribution in [2.45, 2.75) is 271 Å². The molecule has 0 aromatic carbocycles. The lowest BCUT2D eigenvalue weighted by Crippen LogP contribution is -1.97. The molecular formula is C44H90O2PS2-. The summed E-state index contributed by atoms with van der Waals surface area (Å²) in [5, 5.41) is 0. The Balaban J connectivity index is 3.24. The van der Waals surface area contributed by atoms with Gasteiger partial charge in [0.1, 0.15) is 0 Å². The Morgan fingerprint density at radius 2 is 0.429 bits per heavy atom. The summed E-state index contributed by atoms with van der Waals surface area (Å²) in [5.41, 5.74) is -2.47. The molecule has 0 radical (unpaired) electrons. The van der Waals surface area contributed by atoms with Crippen LogP contribution >= 0.6 is 5.69 Å². The van der Waals surface area contributed by atoms with Gasteiger partial charge in [0.05, 0.1) is 18.9 Å². The fourth-order valence-corrected chi connectivity index (χ4v) is 8.78. The van der Waals surface area contributed by atoms with Gasteiger partial charge < -0.3 is 21.3 Å². The molecule has 0 aliphatic rings. The maximum atomic E-state index is 5.83. The van der Waals surface area contributed by atoms with E-state index in [1.807, 2.05) is 0 Å². The zero-order valence-corrected chi connectivity index (χ0v) is 36.3. The lowest BCUT2D eigenvalue weighted by molar-refractivity contribution is 0.249. The molecule has 0 saturated heterocycles. The van der Waals surface area contributed by atoms with Crippen molar-refractivity contribution < 1.29 is 9.05 Å². The van der Waals surface area contributed by atoms with Gasteiger partial charge in [-0.05, 0) is 12.8 Å². The Labute approximate surface area is 321 Å². The second-order valence-corrected chi connectivity index (χ2v) is 20.5. The normalized spacial score (nSPS) is 12.0. The molecule has 0 rings (SSSR count). The molecule has 0 heterocycles. The van der Waals surface area contributed by atoms with Crippen molar-refractivity contribution in [3.05, 3.63) is 0 Å². The SMILES string of the molecule is CCCCCCCCCCCCCCCCCCCCCCOP(=S)([S-])OCCCCCCCCCCCCCCCCCCCCCC. The van der Waals surface area contributed by atoms with Gasteiger partial charge in [0.2, 0.25) is 0 Å². The van der Waals surface area contributed by atoms with Crippen LogP contribution in [0.4, 0.5) is 0 Å². The smallest absolute Gasteiger partial charge is 0.0563 e. The first-order valence-electron chi connectivity index (χ1n) is 22.7. The van der Waals surface area contributed by atoms with Crippen molar-refractivity contribution in [2.24, 2.45) is 0 Å². The van der Waals surface area contributed by atoms with E-state index in [1.54, 1.807) is 0 Å². The van der Waals surface area contributed by atoms with Crippen molar-refractivity contribution in [1.29, 1.82) is 0 Å². The van der Waals surface area contributed by atoms with Crippen molar-refractivity contribution in [3.63, 3.8) is 0 Å². The molecule has 5 heteroatoms. The van der Waals surface area contributed by atoms with Gasteiger partial charge in [0.25, 0.3) is 0 Å². The van der Waals surface area contributed by atoms with Gasteiger partial charge in [-0.25, -0.2) is 0 Å². The maximum absolute atomic E-state index is 5.83. The highest BCUT2D eigenvalue weighted by molar-refractivity contribution is 8.51. The summed E-state index contributed by atoms with van der Waals surface area (Å²) < 4.78 is 11.7. The molecule has 0 bridgehead atoms. The molecule has 0 aliphatic heterocycles. The van der Waals surface area contributed by atoms with Crippen molar-refractivity contribution >= 4 is 29.7 Å². The van der Waals surface area contributed by atoms with E-state index in [2.05, 4.69) is 13.8 Å². The van der Waals surface area contributed by atoms with Crippen LogP contribution in [0.25, 0.3) is 0 Å². The lowest BCUT2D eigenvalue weighted by Gasteiger charge is -2.28. The van der Waals surface area contributed by atoms with E-state index in [-0.39, 0.29) is 0 Å². The number of hydrogen-bond acceptors (Lipinski definition) is 4. The third-order valence-electron chi connectivity index (χ3n) is 10.5. The number of unbranched alkanes of at least 4 members (excludes halogenated alkanes) is 38. The number of rotatable bonds is 44. The summed E-state index contributed by atoms with van der Waals surface area (Å²) >= 11 is 11.0. The lowest BCUT2D eigenvalue weighted by atomic mass is 10.0. The molecule has 0 aliphatic carbocycles. The molecular weight excluding hydrogens is 656 g/mol. The van der Waals surface area contributed by atoms with Crippen LogP contribution in [-0.2, 0) is 33.1 Å². The largest absolute Gasteiger partial charge is 0.691 e. The molecule has 0 unspecified atom stereocenters. The Hall–Kier alpha value is 0.920. The highest BCUT2D eigenvalue weighted by Crippen LogP contribution is 2.46. The van der Waals surface area contributed by atoms with E-state index in [4.69, 9.17) is 33.1 Å². The minimum atomic E-state index is -2.47. The Bertz CT molecular complexity index is 596. The summed E-state index contributed by atoms with van der Waals surface area (Å²) in [6.45, 7) is 5.96. The first-order chi connectivity index (χ1) is 24.1. The van der Waals surface area contributed by atoms with E-state index in [1.165, 1.54) is 244 Å². The predicted molar refractivity (Wildman–Crippen MR) is 230 cm³/mol. The standard InChI is InChI=1S/C44H91O2PS2/c1-3-5-7-9-11-13-15-17-19-21-23-25-27-29-31-33-35-37-39-41-43-45-47(48,49)46-44-42-40-38-36-34-32-30-28-26-24-22-20-18-16-14-12-10-8-6-4-2/h3-44H2,1-2H3,(H,48,49)/p-1. The van der Waals surface area contributed by atoms with Gasteiger partial charge in [-0.1, -0.05) is 270 Å². The molecule has 0 spiro atoms. The van der Waals surface area contributed by atoms with E-state index in [9.17, 15) is 0 Å². The molecule has 0 amide bonds. The molecule has 0 saturated carbocycles. The van der Waals surface area contributed by atoms with Gasteiger partial charge in [0.15, 0.2) is 0 Å². The predicted octanol–water partition coefficient (Wildman–Crippen LogP) is 17.4. The van der Waals surface area contributed by atoms with E-state index in [0.717, 1.165) is 12.8 Å². The fraction of sp³-hybridized carbons (Fsp3) is 1.00. The maximum Gasteiger partial charge on any atom is 0.0563 e. The third-order valence-corrected chi connectivity index (χ3v) is 12.8. The van der Waals surface area contributed by atoms with Crippen LogP contribution in [0.2, 0.25) is 0 Å². The summed E-state index contributed by atoms with van der Waals surface area (Å²) in [5.74, 6) is 0. The van der Waals surface area contributed by atoms with Gasteiger partial charge >= 0.3 is 0 Å². The highest BCUT2D eigenvalue weighted by atomic mass is 32.9. The third kappa shape index (κ3) is 45.0. The highest BCUT2D eigenvalue weighted by Gasteiger charge is 2.03. The minimum absolute atomic E-state index is 0.680. The van der Waals surface area contributed by atoms with E-state index in [0.29, 0.717) is 13.2 Å². The molecule has 0 aromatic heterocycles. The monoisotopic (exact) mass is 746 g/mol. The van der Waals surface area contributed by atoms with Crippen LogP contribution in [0.5, 0.6) is 0 Å². The Kier molecular flexibility index (Phi) is 44.1. The topological polar surface area (TPSA) is 18.5 Å². The molecule has 0 aromatic rings. The Morgan fingerprint density at radius 3 is 0.592 bits per heavy atom. The quantitative estimate of drug-likeness (QED) is 0.0351. The molecule has 49 heavy (non-hydrogen) atoms. The first kappa shape index (κ1) is 49.9. The fourth-order valence-electron chi connectivity index (χ4n) is 7.10. The van der Waals surface area contributed by atoms with Crippen LogP contribution in [0.1, 0.15) is 271 Å². The molecule has 2 nitrogen and oxygen atoms in total. The van der Waals surface area contributed by atoms with Gasteiger partial charge in [0, 0.05) is 0 Å². The molecule has 0 fully saturated rings. The van der Waals surface area contributed by atoms with Crippen molar-refractivity contribution in [2.75, 3.05) is 13.2 Å². The van der Waals surface area contributed by atoms with Crippen molar-refractivity contribution in [1.82, 2.24) is 0 Å². The second kappa shape index (κ2) is 43.3. The molecule has 0 atom stereocenters. The summed E-state index contributed by atoms with van der Waals surface area (Å²) in [6, 6.07) is 0. The zero-order chi connectivity index (χ0) is 35.6. The zero-order valence-electron chi connectivity index (χ0n) is 33.8. The average Bonchev–Trinajstić information content (AvgIpc) is 3.09. The van der Waals surface area contributed by atoms with Crippen LogP contribution in [-0.4, -0.2) is 13.2 Å².